The fourth-order valence-corrected chi connectivity index (χ4v) is 5.94. The Balaban J connectivity index is 1.17. The van der Waals surface area contributed by atoms with E-state index in [0.717, 1.165) is 53.0 Å². The average molecular weight is 581 g/mol. The number of ether oxygens (including phenoxy) is 2. The fraction of sp³-hybridized carbons (Fsp3) is 0.333. The fourth-order valence-electron chi connectivity index (χ4n) is 4.30. The molecule has 1 aromatic carbocycles. The van der Waals surface area contributed by atoms with E-state index < -0.39 is 0 Å². The van der Waals surface area contributed by atoms with Gasteiger partial charge in [-0.05, 0) is 66.6 Å². The van der Waals surface area contributed by atoms with Gasteiger partial charge in [-0.25, -0.2) is 0 Å². The lowest BCUT2D eigenvalue weighted by Gasteiger charge is -2.15. The van der Waals surface area contributed by atoms with Crippen LogP contribution in [0, 0.1) is 0 Å². The molecule has 1 unspecified atom stereocenters. The van der Waals surface area contributed by atoms with E-state index >= 15 is 0 Å². The van der Waals surface area contributed by atoms with Crippen LogP contribution in [-0.2, 0) is 20.9 Å². The van der Waals surface area contributed by atoms with Crippen LogP contribution in [0.5, 0.6) is 5.75 Å². The van der Waals surface area contributed by atoms with Gasteiger partial charge in [-0.2, -0.15) is 0 Å². The summed E-state index contributed by atoms with van der Waals surface area (Å²) in [6.45, 7) is 1.56. The average Bonchev–Trinajstić information content (AvgIpc) is 3.70. The highest BCUT2D eigenvalue weighted by Gasteiger charge is 2.34. The lowest BCUT2D eigenvalue weighted by atomic mass is 10.2. The summed E-state index contributed by atoms with van der Waals surface area (Å²) in [5, 5.41) is 11.8. The second kappa shape index (κ2) is 13.1. The van der Waals surface area contributed by atoms with Crippen LogP contribution >= 0.6 is 23.5 Å². The maximum atomic E-state index is 12.7. The molecule has 4 heterocycles. The largest absolute Gasteiger partial charge is 0.497 e. The van der Waals surface area contributed by atoms with Crippen molar-refractivity contribution in [3.63, 3.8) is 0 Å². The molecule has 3 amide bonds. The van der Waals surface area contributed by atoms with Crippen LogP contribution in [0.4, 0.5) is 4.79 Å². The molecule has 2 saturated heterocycles. The molecule has 2 fully saturated rings. The van der Waals surface area contributed by atoms with Crippen molar-refractivity contribution in [1.82, 2.24) is 30.0 Å². The van der Waals surface area contributed by atoms with Crippen molar-refractivity contribution in [2.75, 3.05) is 32.6 Å². The molecule has 5 rings (SSSR count). The van der Waals surface area contributed by atoms with E-state index in [2.05, 4.69) is 20.5 Å². The van der Waals surface area contributed by atoms with Gasteiger partial charge >= 0.3 is 0 Å². The van der Waals surface area contributed by atoms with Crippen molar-refractivity contribution >= 4 is 46.7 Å². The maximum Gasteiger partial charge on any atom is 0.293 e. The number of carbonyl (C=O) groups is 3. The topological polar surface area (TPSA) is 129 Å². The molecule has 3 aromatic rings. The van der Waals surface area contributed by atoms with Gasteiger partial charge in [0.1, 0.15) is 5.75 Å². The van der Waals surface area contributed by atoms with Gasteiger partial charge in [0.15, 0.2) is 11.0 Å². The van der Waals surface area contributed by atoms with Gasteiger partial charge in [0.25, 0.3) is 11.1 Å². The molecule has 0 saturated carbocycles. The molecule has 1 atom stereocenters. The highest BCUT2D eigenvalue weighted by molar-refractivity contribution is 8.18. The first kappa shape index (κ1) is 27.9. The summed E-state index contributed by atoms with van der Waals surface area (Å²) >= 11 is 2.16. The predicted molar refractivity (Wildman–Crippen MR) is 152 cm³/mol. The quantitative estimate of drug-likeness (QED) is 0.266. The second-order valence-electron chi connectivity index (χ2n) is 9.04. The number of rotatable bonds is 11. The summed E-state index contributed by atoms with van der Waals surface area (Å²) in [6, 6.07) is 11.1. The summed E-state index contributed by atoms with van der Waals surface area (Å²) in [5.41, 5.74) is 1.62. The third-order valence-corrected chi connectivity index (χ3v) is 8.20. The first-order valence-electron chi connectivity index (χ1n) is 12.8. The van der Waals surface area contributed by atoms with Crippen molar-refractivity contribution in [2.45, 2.75) is 30.6 Å². The number of pyridine rings is 1. The monoisotopic (exact) mass is 580 g/mol. The van der Waals surface area contributed by atoms with Crippen LogP contribution in [0.2, 0.25) is 0 Å². The summed E-state index contributed by atoms with van der Waals surface area (Å²) in [5.74, 6) is 0.933. The number of benzene rings is 1. The summed E-state index contributed by atoms with van der Waals surface area (Å²) in [4.78, 5) is 43.2. The number of amides is 3. The van der Waals surface area contributed by atoms with E-state index in [1.165, 1.54) is 11.8 Å². The smallest absolute Gasteiger partial charge is 0.293 e. The summed E-state index contributed by atoms with van der Waals surface area (Å²) in [7, 11) is 1.62. The number of imide groups is 1. The van der Waals surface area contributed by atoms with Crippen molar-refractivity contribution < 1.29 is 23.9 Å². The van der Waals surface area contributed by atoms with E-state index in [4.69, 9.17) is 9.47 Å². The molecule has 2 aromatic heterocycles. The highest BCUT2D eigenvalue weighted by atomic mass is 32.2. The Morgan fingerprint density at radius 2 is 2.10 bits per heavy atom. The Labute approximate surface area is 239 Å². The van der Waals surface area contributed by atoms with Gasteiger partial charge in [0, 0.05) is 37.7 Å². The van der Waals surface area contributed by atoms with Gasteiger partial charge in [0.2, 0.25) is 5.91 Å². The van der Waals surface area contributed by atoms with Gasteiger partial charge in [-0.15, -0.1) is 10.2 Å². The number of carbonyl (C=O) groups excluding carboxylic acids is 3. The molecule has 0 radical (unpaired) electrons. The summed E-state index contributed by atoms with van der Waals surface area (Å²) < 4.78 is 13.1. The number of hydrogen-bond acceptors (Lipinski definition) is 10. The van der Waals surface area contributed by atoms with Gasteiger partial charge in [0.05, 0.1) is 30.4 Å². The number of nitrogens with one attached hydrogen (secondary N) is 1. The van der Waals surface area contributed by atoms with Crippen LogP contribution in [0.15, 0.2) is 58.9 Å². The first-order valence-corrected chi connectivity index (χ1v) is 14.6. The minimum atomic E-state index is -0.379. The van der Waals surface area contributed by atoms with Crippen molar-refractivity contribution in [3.05, 3.63) is 59.3 Å². The minimum absolute atomic E-state index is 0.0617. The standard InChI is InChI=1S/C27H28N6O5S2/c1-37-20-8-6-19(7-9-20)24-30-31-26(33(24)16-21-5-3-13-38-21)39-17-23(34)29-11-12-32-25(35)22(40-27(32)36)14-18-4-2-10-28-15-18/h2,4,6-10,14-15,21H,3,5,11-13,16-17H2,1H3,(H,29,34)/b22-14-. The number of methoxy groups -OCH3 is 1. The molecule has 13 heteroatoms. The molecule has 208 valence electrons. The normalized spacial score (nSPS) is 18.1. The third-order valence-electron chi connectivity index (χ3n) is 6.32. The highest BCUT2D eigenvalue weighted by Crippen LogP contribution is 2.32. The lowest BCUT2D eigenvalue weighted by molar-refractivity contribution is -0.123. The van der Waals surface area contributed by atoms with Crippen LogP contribution in [0.25, 0.3) is 17.5 Å². The van der Waals surface area contributed by atoms with E-state index in [-0.39, 0.29) is 42.0 Å². The Kier molecular flexibility index (Phi) is 9.14. The Bertz CT molecular complexity index is 1390. The van der Waals surface area contributed by atoms with Crippen LogP contribution in [-0.4, -0.2) is 80.4 Å². The van der Waals surface area contributed by atoms with Gasteiger partial charge in [-0.1, -0.05) is 17.8 Å². The molecular weight excluding hydrogens is 552 g/mol. The molecule has 0 aliphatic carbocycles. The SMILES string of the molecule is COc1ccc(-c2nnc(SCC(=O)NCCN3C(=O)S/C(=C\c4cccnc4)C3=O)n2CC2CCCO2)cc1. The van der Waals surface area contributed by atoms with Gasteiger partial charge in [-0.3, -0.25) is 28.8 Å². The van der Waals surface area contributed by atoms with Crippen molar-refractivity contribution in [3.8, 4) is 17.1 Å². The number of nitrogens with zero attached hydrogens (tertiary/aromatic N) is 5. The Hall–Kier alpha value is -3.68. The molecule has 11 nitrogen and oxygen atoms in total. The number of hydrogen-bond donors (Lipinski definition) is 1. The Morgan fingerprint density at radius 3 is 2.83 bits per heavy atom. The minimum Gasteiger partial charge on any atom is -0.497 e. The summed E-state index contributed by atoms with van der Waals surface area (Å²) in [6.07, 6.45) is 6.92. The molecule has 0 spiro atoms. The zero-order chi connectivity index (χ0) is 27.9. The second-order valence-corrected chi connectivity index (χ2v) is 11.0. The number of thioether (sulfide) groups is 2. The van der Waals surface area contributed by atoms with E-state index in [1.54, 1.807) is 37.7 Å². The molecular formula is C27H28N6O5S2. The van der Waals surface area contributed by atoms with Crippen molar-refractivity contribution in [2.24, 2.45) is 0 Å². The molecule has 40 heavy (non-hydrogen) atoms. The molecule has 2 aliphatic heterocycles. The van der Waals surface area contributed by atoms with Crippen molar-refractivity contribution in [1.29, 1.82) is 0 Å². The molecule has 2 aliphatic rings. The van der Waals surface area contributed by atoms with E-state index in [1.807, 2.05) is 28.8 Å². The van der Waals surface area contributed by atoms with Crippen LogP contribution in [0.1, 0.15) is 18.4 Å². The zero-order valence-corrected chi connectivity index (χ0v) is 23.5. The number of aromatic nitrogens is 4. The zero-order valence-electron chi connectivity index (χ0n) is 21.8. The lowest BCUT2D eigenvalue weighted by Crippen LogP contribution is -2.37. The van der Waals surface area contributed by atoms with Gasteiger partial charge < -0.3 is 14.8 Å². The first-order chi connectivity index (χ1) is 19.5. The van der Waals surface area contributed by atoms with E-state index in [0.29, 0.717) is 22.4 Å². The molecule has 1 N–H and O–H groups in total. The Morgan fingerprint density at radius 1 is 1.25 bits per heavy atom. The third kappa shape index (κ3) is 6.72. The van der Waals surface area contributed by atoms with Crippen LogP contribution in [0.3, 0.4) is 0 Å². The maximum absolute atomic E-state index is 12.7. The van der Waals surface area contributed by atoms with Crippen LogP contribution < -0.4 is 10.1 Å². The van der Waals surface area contributed by atoms with E-state index in [9.17, 15) is 14.4 Å². The molecule has 0 bridgehead atoms. The predicted octanol–water partition coefficient (Wildman–Crippen LogP) is 3.47.